The summed E-state index contributed by atoms with van der Waals surface area (Å²) >= 11 is 0. The molecule has 0 unspecified atom stereocenters. The van der Waals surface area contributed by atoms with Gasteiger partial charge in [-0.05, 0) is 30.2 Å². The molecule has 4 heteroatoms. The van der Waals surface area contributed by atoms with Crippen LogP contribution in [0.15, 0.2) is 65.4 Å². The Labute approximate surface area is 139 Å². The molecule has 0 bridgehead atoms. The van der Waals surface area contributed by atoms with Gasteiger partial charge >= 0.3 is 0 Å². The maximum absolute atomic E-state index is 12.3. The molecule has 0 saturated carbocycles. The largest absolute Gasteiger partial charge is 0.361 e. The number of H-pyrrole nitrogens is 1. The molecule has 24 heavy (non-hydrogen) atoms. The van der Waals surface area contributed by atoms with Gasteiger partial charge in [-0.1, -0.05) is 43.3 Å². The predicted octanol–water partition coefficient (Wildman–Crippen LogP) is 3.65. The van der Waals surface area contributed by atoms with Crippen molar-refractivity contribution in [3.8, 4) is 0 Å². The summed E-state index contributed by atoms with van der Waals surface area (Å²) < 4.78 is 0. The third-order valence-corrected chi connectivity index (χ3v) is 4.22. The third kappa shape index (κ3) is 2.52. The van der Waals surface area contributed by atoms with Gasteiger partial charge in [0.25, 0.3) is 5.91 Å². The highest BCUT2D eigenvalue weighted by atomic mass is 16.2. The van der Waals surface area contributed by atoms with Crippen LogP contribution in [0.25, 0.3) is 17.0 Å². The summed E-state index contributed by atoms with van der Waals surface area (Å²) in [6, 6.07) is 16.1. The highest BCUT2D eigenvalue weighted by Gasteiger charge is 2.21. The zero-order valence-electron chi connectivity index (χ0n) is 13.3. The number of rotatable bonds is 3. The van der Waals surface area contributed by atoms with E-state index in [9.17, 15) is 4.79 Å². The lowest BCUT2D eigenvalue weighted by Crippen LogP contribution is -2.24. The highest BCUT2D eigenvalue weighted by Crippen LogP contribution is 2.22. The number of para-hydroxylation sites is 1. The second kappa shape index (κ2) is 5.81. The summed E-state index contributed by atoms with van der Waals surface area (Å²) in [6.45, 7) is 2.11. The van der Waals surface area contributed by atoms with Crippen molar-refractivity contribution in [2.75, 3.05) is 0 Å². The topological polar surface area (TPSA) is 57.2 Å². The molecule has 2 N–H and O–H groups in total. The molecule has 0 aliphatic carbocycles. The highest BCUT2D eigenvalue weighted by molar-refractivity contribution is 6.20. The Morgan fingerprint density at radius 2 is 2.00 bits per heavy atom. The molecule has 0 fully saturated rings. The number of amides is 1. The van der Waals surface area contributed by atoms with Gasteiger partial charge in [-0.15, -0.1) is 0 Å². The van der Waals surface area contributed by atoms with Gasteiger partial charge in [0.05, 0.1) is 0 Å². The fourth-order valence-corrected chi connectivity index (χ4v) is 2.90. The van der Waals surface area contributed by atoms with E-state index in [1.54, 1.807) is 0 Å². The number of aryl methyl sites for hydroxylation is 1. The van der Waals surface area contributed by atoms with Crippen molar-refractivity contribution in [2.24, 2.45) is 4.99 Å². The molecule has 118 valence electrons. The predicted molar refractivity (Wildman–Crippen MR) is 96.8 cm³/mol. The molecule has 4 rings (SSSR count). The Balaban J connectivity index is 1.73. The van der Waals surface area contributed by atoms with Gasteiger partial charge in [0.1, 0.15) is 11.5 Å². The van der Waals surface area contributed by atoms with Crippen LogP contribution in [-0.4, -0.2) is 16.7 Å². The maximum Gasteiger partial charge on any atom is 0.275 e. The van der Waals surface area contributed by atoms with Gasteiger partial charge in [-0.3, -0.25) is 4.79 Å². The SMILES string of the molecule is CCc1cccc(C2=NC(=Cc3c[nH]c4ccccc34)C(=O)N2)c1. The number of carbonyl (C=O) groups excluding carboxylic acids is 1. The third-order valence-electron chi connectivity index (χ3n) is 4.22. The summed E-state index contributed by atoms with van der Waals surface area (Å²) in [7, 11) is 0. The molecule has 2 aromatic carbocycles. The minimum Gasteiger partial charge on any atom is -0.361 e. The zero-order chi connectivity index (χ0) is 16.5. The number of carbonyl (C=O) groups is 1. The molecule has 0 atom stereocenters. The van der Waals surface area contributed by atoms with Gasteiger partial charge in [-0.2, -0.15) is 0 Å². The number of benzene rings is 2. The van der Waals surface area contributed by atoms with Gasteiger partial charge in [-0.25, -0.2) is 4.99 Å². The van der Waals surface area contributed by atoms with E-state index in [1.165, 1.54) is 5.56 Å². The standard InChI is InChI=1S/C20H17N3O/c1-2-13-6-5-7-14(10-13)19-22-18(20(24)23-19)11-15-12-21-17-9-4-3-8-16(15)17/h3-12,21H,2H2,1H3,(H,22,23,24). The van der Waals surface area contributed by atoms with Crippen molar-refractivity contribution in [2.45, 2.75) is 13.3 Å². The lowest BCUT2D eigenvalue weighted by Gasteiger charge is -2.02. The number of nitrogens with one attached hydrogen (secondary N) is 2. The fourth-order valence-electron chi connectivity index (χ4n) is 2.90. The molecule has 0 radical (unpaired) electrons. The van der Waals surface area contributed by atoms with Crippen LogP contribution in [0.1, 0.15) is 23.6 Å². The first-order chi connectivity index (χ1) is 11.7. The first-order valence-corrected chi connectivity index (χ1v) is 8.02. The smallest absolute Gasteiger partial charge is 0.275 e. The van der Waals surface area contributed by atoms with E-state index in [2.05, 4.69) is 34.3 Å². The van der Waals surface area contributed by atoms with Crippen molar-refractivity contribution >= 4 is 28.7 Å². The van der Waals surface area contributed by atoms with E-state index in [0.717, 1.165) is 28.5 Å². The number of amidine groups is 1. The Morgan fingerprint density at radius 1 is 1.12 bits per heavy atom. The van der Waals surface area contributed by atoms with E-state index >= 15 is 0 Å². The van der Waals surface area contributed by atoms with Crippen molar-refractivity contribution in [1.29, 1.82) is 0 Å². The molecule has 1 amide bonds. The van der Waals surface area contributed by atoms with Crippen molar-refractivity contribution in [1.82, 2.24) is 10.3 Å². The van der Waals surface area contributed by atoms with Crippen LogP contribution < -0.4 is 5.32 Å². The van der Waals surface area contributed by atoms with Crippen LogP contribution >= 0.6 is 0 Å². The van der Waals surface area contributed by atoms with Crippen LogP contribution in [0.5, 0.6) is 0 Å². The molecule has 1 aliphatic rings. The minimum atomic E-state index is -0.169. The number of hydrogen-bond donors (Lipinski definition) is 2. The van der Waals surface area contributed by atoms with Crippen LogP contribution in [-0.2, 0) is 11.2 Å². The number of fused-ring (bicyclic) bond motifs is 1. The summed E-state index contributed by atoms with van der Waals surface area (Å²) in [5, 5.41) is 3.94. The van der Waals surface area contributed by atoms with Gasteiger partial charge in [0, 0.05) is 28.2 Å². The van der Waals surface area contributed by atoms with Gasteiger partial charge in [0.15, 0.2) is 0 Å². The van der Waals surface area contributed by atoms with Crippen LogP contribution in [0, 0.1) is 0 Å². The molecular formula is C20H17N3O. The first-order valence-electron chi connectivity index (χ1n) is 8.02. The quantitative estimate of drug-likeness (QED) is 0.712. The average molecular weight is 315 g/mol. The number of aromatic amines is 1. The fraction of sp³-hybridized carbons (Fsp3) is 0.100. The van der Waals surface area contributed by atoms with Crippen LogP contribution in [0.4, 0.5) is 0 Å². The number of aromatic nitrogens is 1. The lowest BCUT2D eigenvalue weighted by atomic mass is 10.1. The Hall–Kier alpha value is -3.14. The normalized spacial score (nSPS) is 15.8. The van der Waals surface area contributed by atoms with Crippen molar-refractivity contribution < 1.29 is 4.79 Å². The van der Waals surface area contributed by atoms with Crippen LogP contribution in [0.2, 0.25) is 0 Å². The Morgan fingerprint density at radius 3 is 2.88 bits per heavy atom. The van der Waals surface area contributed by atoms with E-state index in [4.69, 9.17) is 0 Å². The second-order valence-corrected chi connectivity index (χ2v) is 5.79. The molecule has 0 saturated heterocycles. The zero-order valence-corrected chi connectivity index (χ0v) is 13.3. The molecule has 0 spiro atoms. The lowest BCUT2D eigenvalue weighted by molar-refractivity contribution is -0.115. The minimum absolute atomic E-state index is 0.169. The molecule has 3 aromatic rings. The summed E-state index contributed by atoms with van der Waals surface area (Å²) in [5.74, 6) is 0.443. The first kappa shape index (κ1) is 14.5. The number of hydrogen-bond acceptors (Lipinski definition) is 2. The maximum atomic E-state index is 12.3. The van der Waals surface area contributed by atoms with Gasteiger partial charge in [0.2, 0.25) is 0 Å². The van der Waals surface area contributed by atoms with E-state index < -0.39 is 0 Å². The summed E-state index contributed by atoms with van der Waals surface area (Å²) in [4.78, 5) is 20.0. The van der Waals surface area contributed by atoms with Crippen molar-refractivity contribution in [3.05, 3.63) is 77.1 Å². The molecule has 4 nitrogen and oxygen atoms in total. The number of aliphatic imine (C=N–C) groups is 1. The Kier molecular flexibility index (Phi) is 3.50. The molecule has 1 aromatic heterocycles. The number of nitrogens with zero attached hydrogens (tertiary/aromatic N) is 1. The van der Waals surface area contributed by atoms with Gasteiger partial charge < -0.3 is 10.3 Å². The monoisotopic (exact) mass is 315 g/mol. The molecular weight excluding hydrogens is 298 g/mol. The average Bonchev–Trinajstić information content (AvgIpc) is 3.20. The van der Waals surface area contributed by atoms with Crippen LogP contribution in [0.3, 0.4) is 0 Å². The van der Waals surface area contributed by atoms with Crippen molar-refractivity contribution in [3.63, 3.8) is 0 Å². The molecule has 1 aliphatic heterocycles. The van der Waals surface area contributed by atoms with E-state index in [0.29, 0.717) is 11.5 Å². The summed E-state index contributed by atoms with van der Waals surface area (Å²) in [5.41, 5.74) is 4.59. The van der Waals surface area contributed by atoms with E-state index in [1.807, 2.05) is 48.7 Å². The van der Waals surface area contributed by atoms with E-state index in [-0.39, 0.29) is 5.91 Å². The second-order valence-electron chi connectivity index (χ2n) is 5.79. The summed E-state index contributed by atoms with van der Waals surface area (Å²) in [6.07, 6.45) is 4.67. The molecule has 2 heterocycles. The Bertz CT molecular complexity index is 995.